The van der Waals surface area contributed by atoms with Crippen LogP contribution in [-0.4, -0.2) is 6.29 Å². The van der Waals surface area contributed by atoms with Crippen LogP contribution in [0, 0.1) is 0 Å². The Morgan fingerprint density at radius 1 is 1.20 bits per heavy atom. The van der Waals surface area contributed by atoms with E-state index in [9.17, 15) is 4.79 Å². The van der Waals surface area contributed by atoms with Gasteiger partial charge in [0.15, 0.2) is 0 Å². The van der Waals surface area contributed by atoms with Gasteiger partial charge in [-0.3, -0.25) is 4.79 Å². The van der Waals surface area contributed by atoms with Crippen molar-refractivity contribution >= 4 is 11.9 Å². The van der Waals surface area contributed by atoms with Crippen molar-refractivity contribution < 1.29 is 4.79 Å². The minimum Gasteiger partial charge on any atom is -0.298 e. The first-order chi connectivity index (χ1) is 9.71. The highest BCUT2D eigenvalue weighted by Gasteiger charge is 1.99. The molecular formula is C19H28O. The minimum absolute atomic E-state index is 0.455. The van der Waals surface area contributed by atoms with Crippen LogP contribution in [0.3, 0.4) is 0 Å². The lowest BCUT2D eigenvalue weighted by atomic mass is 10.0. The quantitative estimate of drug-likeness (QED) is 0.386. The van der Waals surface area contributed by atoms with E-state index in [1.807, 2.05) is 39.8 Å². The van der Waals surface area contributed by atoms with Gasteiger partial charge in [-0.1, -0.05) is 78.1 Å². The smallest absolute Gasteiger partial charge is 0.149 e. The molecule has 0 bridgehead atoms. The van der Waals surface area contributed by atoms with Gasteiger partial charge in [-0.2, -0.15) is 0 Å². The molecule has 1 aromatic rings. The van der Waals surface area contributed by atoms with Crippen LogP contribution in [-0.2, 0) is 11.2 Å². The molecule has 0 aliphatic heterocycles. The van der Waals surface area contributed by atoms with Crippen molar-refractivity contribution in [1.82, 2.24) is 0 Å². The second kappa shape index (κ2) is 13.5. The van der Waals surface area contributed by atoms with E-state index < -0.39 is 0 Å². The standard InChI is InChI=1S/C15H16O.2C2H6/c1-4-13-7-6-8-15(10-13)14(5-2)9-12(3)11-16;2*1-2/h5-11H,2-4H2,1H3;2*1-2H3/b14-9+;;. The van der Waals surface area contributed by atoms with Crippen LogP contribution in [0.1, 0.15) is 45.7 Å². The number of allylic oxidation sites excluding steroid dienone is 4. The van der Waals surface area contributed by atoms with Gasteiger partial charge in [0.2, 0.25) is 0 Å². The molecule has 20 heavy (non-hydrogen) atoms. The summed E-state index contributed by atoms with van der Waals surface area (Å²) >= 11 is 0. The van der Waals surface area contributed by atoms with E-state index in [1.165, 1.54) is 5.56 Å². The number of hydrogen-bond donors (Lipinski definition) is 0. The molecule has 0 aliphatic rings. The van der Waals surface area contributed by atoms with E-state index in [4.69, 9.17) is 0 Å². The Morgan fingerprint density at radius 3 is 2.25 bits per heavy atom. The molecule has 1 rings (SSSR count). The van der Waals surface area contributed by atoms with Crippen molar-refractivity contribution in [2.45, 2.75) is 41.0 Å². The topological polar surface area (TPSA) is 17.1 Å². The van der Waals surface area contributed by atoms with E-state index in [2.05, 4.69) is 32.2 Å². The summed E-state index contributed by atoms with van der Waals surface area (Å²) in [5.74, 6) is 0. The molecular weight excluding hydrogens is 244 g/mol. The average molecular weight is 272 g/mol. The lowest BCUT2D eigenvalue weighted by molar-refractivity contribution is -0.104. The molecule has 0 aliphatic carbocycles. The molecule has 1 nitrogen and oxygen atoms in total. The molecule has 0 N–H and O–H groups in total. The Kier molecular flexibility index (Phi) is 13.8. The Morgan fingerprint density at radius 2 is 1.80 bits per heavy atom. The third-order valence-electron chi connectivity index (χ3n) is 2.38. The highest BCUT2D eigenvalue weighted by molar-refractivity contribution is 5.85. The van der Waals surface area contributed by atoms with Crippen LogP contribution in [0.15, 0.2) is 55.1 Å². The predicted molar refractivity (Wildman–Crippen MR) is 91.9 cm³/mol. The number of hydrogen-bond acceptors (Lipinski definition) is 1. The Balaban J connectivity index is 0. The highest BCUT2D eigenvalue weighted by Crippen LogP contribution is 2.18. The van der Waals surface area contributed by atoms with Gasteiger partial charge in [-0.15, -0.1) is 0 Å². The van der Waals surface area contributed by atoms with Crippen molar-refractivity contribution in [2.24, 2.45) is 0 Å². The minimum atomic E-state index is 0.455. The fourth-order valence-electron chi connectivity index (χ4n) is 1.46. The summed E-state index contributed by atoms with van der Waals surface area (Å²) in [4.78, 5) is 10.5. The summed E-state index contributed by atoms with van der Waals surface area (Å²) in [5.41, 5.74) is 3.71. The summed E-state index contributed by atoms with van der Waals surface area (Å²) in [6, 6.07) is 8.20. The summed E-state index contributed by atoms with van der Waals surface area (Å²) in [6.45, 7) is 17.5. The normalized spacial score (nSPS) is 9.35. The van der Waals surface area contributed by atoms with Gasteiger partial charge in [0.05, 0.1) is 0 Å². The van der Waals surface area contributed by atoms with Crippen molar-refractivity contribution in [3.63, 3.8) is 0 Å². The Labute approximate surface area is 124 Å². The number of benzene rings is 1. The van der Waals surface area contributed by atoms with E-state index in [0.29, 0.717) is 5.57 Å². The monoisotopic (exact) mass is 272 g/mol. The van der Waals surface area contributed by atoms with E-state index in [0.717, 1.165) is 23.8 Å². The van der Waals surface area contributed by atoms with Crippen molar-refractivity contribution in [2.75, 3.05) is 0 Å². The number of carbonyl (C=O) groups excluding carboxylic acids is 1. The molecule has 0 saturated carbocycles. The molecule has 0 amide bonds. The summed E-state index contributed by atoms with van der Waals surface area (Å²) in [7, 11) is 0. The zero-order valence-electron chi connectivity index (χ0n) is 13.6. The van der Waals surface area contributed by atoms with Crippen molar-refractivity contribution in [1.29, 1.82) is 0 Å². The third-order valence-corrected chi connectivity index (χ3v) is 2.38. The van der Waals surface area contributed by atoms with Crippen LogP contribution in [0.25, 0.3) is 5.57 Å². The molecule has 0 heterocycles. The number of carbonyl (C=O) groups is 1. The summed E-state index contributed by atoms with van der Waals surface area (Å²) < 4.78 is 0. The number of rotatable bonds is 5. The summed E-state index contributed by atoms with van der Waals surface area (Å²) in [5, 5.41) is 0. The average Bonchev–Trinajstić information content (AvgIpc) is 2.56. The maximum atomic E-state index is 10.5. The van der Waals surface area contributed by atoms with Gasteiger partial charge in [-0.25, -0.2) is 0 Å². The molecule has 1 heteroatoms. The van der Waals surface area contributed by atoms with Gasteiger partial charge in [0, 0.05) is 5.57 Å². The van der Waals surface area contributed by atoms with Crippen LogP contribution in [0.5, 0.6) is 0 Å². The van der Waals surface area contributed by atoms with Gasteiger partial charge in [-0.05, 0) is 29.2 Å². The highest BCUT2D eigenvalue weighted by atomic mass is 16.1. The van der Waals surface area contributed by atoms with Crippen LogP contribution in [0.2, 0.25) is 0 Å². The van der Waals surface area contributed by atoms with Crippen LogP contribution >= 0.6 is 0 Å². The number of aryl methyl sites for hydroxylation is 1. The molecule has 0 unspecified atom stereocenters. The maximum Gasteiger partial charge on any atom is 0.149 e. The Bertz CT molecular complexity index is 439. The second-order valence-electron chi connectivity index (χ2n) is 3.55. The van der Waals surface area contributed by atoms with Gasteiger partial charge in [0.1, 0.15) is 6.29 Å². The molecule has 1 aromatic carbocycles. The fourth-order valence-corrected chi connectivity index (χ4v) is 1.46. The number of aldehydes is 1. The molecule has 0 fully saturated rings. The first-order valence-electron chi connectivity index (χ1n) is 7.28. The van der Waals surface area contributed by atoms with Crippen LogP contribution in [0.4, 0.5) is 0 Å². The van der Waals surface area contributed by atoms with Gasteiger partial charge < -0.3 is 0 Å². The first kappa shape index (κ1) is 20.4. The zero-order chi connectivity index (χ0) is 16.0. The van der Waals surface area contributed by atoms with Gasteiger partial charge >= 0.3 is 0 Å². The fraction of sp³-hybridized carbons (Fsp3) is 0.316. The Hall–Kier alpha value is -1.89. The SMILES string of the molecule is C=C/C(=C\C(=C)C=O)c1cccc(CC)c1.CC.CC. The molecule has 0 spiro atoms. The van der Waals surface area contributed by atoms with Crippen molar-refractivity contribution in [3.05, 3.63) is 66.3 Å². The molecule has 0 atom stereocenters. The van der Waals surface area contributed by atoms with E-state index in [-0.39, 0.29) is 0 Å². The lowest BCUT2D eigenvalue weighted by Crippen LogP contribution is -1.86. The third kappa shape index (κ3) is 7.52. The molecule has 0 saturated heterocycles. The molecule has 110 valence electrons. The van der Waals surface area contributed by atoms with Crippen LogP contribution < -0.4 is 0 Å². The first-order valence-corrected chi connectivity index (χ1v) is 7.28. The van der Waals surface area contributed by atoms with Gasteiger partial charge in [0.25, 0.3) is 0 Å². The lowest BCUT2D eigenvalue weighted by Gasteiger charge is -2.04. The predicted octanol–water partition coefficient (Wildman–Crippen LogP) is 5.63. The molecule has 0 radical (unpaired) electrons. The molecule has 0 aromatic heterocycles. The van der Waals surface area contributed by atoms with E-state index in [1.54, 1.807) is 12.2 Å². The second-order valence-corrected chi connectivity index (χ2v) is 3.55. The van der Waals surface area contributed by atoms with Crippen molar-refractivity contribution in [3.8, 4) is 0 Å². The zero-order valence-corrected chi connectivity index (χ0v) is 13.6. The largest absolute Gasteiger partial charge is 0.298 e. The summed E-state index contributed by atoms with van der Waals surface area (Å²) in [6.07, 6.45) is 5.22. The van der Waals surface area contributed by atoms with E-state index >= 15 is 0 Å². The maximum absolute atomic E-state index is 10.5.